The van der Waals surface area contributed by atoms with Crippen molar-refractivity contribution in [2.45, 2.75) is 26.3 Å². The molecule has 1 amide bonds. The van der Waals surface area contributed by atoms with Gasteiger partial charge in [0.15, 0.2) is 0 Å². The fraction of sp³-hybridized carbons (Fsp3) is 0.400. The second-order valence-electron chi connectivity index (χ2n) is 4.91. The number of sulfonamides is 1. The number of nitrogens with zero attached hydrogens (tertiary/aromatic N) is 1. The van der Waals surface area contributed by atoms with Gasteiger partial charge < -0.3 is 5.32 Å². The van der Waals surface area contributed by atoms with Crippen LogP contribution in [-0.4, -0.2) is 33.2 Å². The normalized spacial score (nSPS) is 12.5. The molecule has 0 aliphatic carbocycles. The van der Waals surface area contributed by atoms with Crippen LogP contribution >= 0.6 is 0 Å². The molecular weight excluding hydrogens is 288 g/mol. The number of benzene rings is 1. The SMILES string of the molecule is C=CCN(c1ccc(C(=O)N[C@@H](C)CC)cc1)S(C)(=O)=O. The van der Waals surface area contributed by atoms with Gasteiger partial charge in [-0.05, 0) is 37.6 Å². The monoisotopic (exact) mass is 310 g/mol. The van der Waals surface area contributed by atoms with Gasteiger partial charge in [-0.25, -0.2) is 8.42 Å². The Hall–Kier alpha value is -1.82. The minimum Gasteiger partial charge on any atom is -0.350 e. The predicted octanol–water partition coefficient (Wildman–Crippen LogP) is 2.17. The van der Waals surface area contributed by atoms with Crippen LogP contribution in [0.4, 0.5) is 5.69 Å². The number of nitrogens with one attached hydrogen (secondary N) is 1. The molecule has 116 valence electrons. The summed E-state index contributed by atoms with van der Waals surface area (Å²) in [6.07, 6.45) is 3.51. The Morgan fingerprint density at radius 1 is 1.38 bits per heavy atom. The fourth-order valence-electron chi connectivity index (χ4n) is 1.74. The molecule has 1 atom stereocenters. The van der Waals surface area contributed by atoms with Crippen molar-refractivity contribution in [3.05, 3.63) is 42.5 Å². The Kier molecular flexibility index (Phi) is 5.96. The van der Waals surface area contributed by atoms with Crippen LogP contribution in [-0.2, 0) is 10.0 Å². The lowest BCUT2D eigenvalue weighted by Gasteiger charge is -2.21. The average molecular weight is 310 g/mol. The third kappa shape index (κ3) is 4.90. The first-order chi connectivity index (χ1) is 9.79. The molecule has 0 radical (unpaired) electrons. The molecule has 0 saturated heterocycles. The zero-order valence-corrected chi connectivity index (χ0v) is 13.5. The van der Waals surface area contributed by atoms with Crippen LogP contribution in [0, 0.1) is 0 Å². The molecule has 21 heavy (non-hydrogen) atoms. The number of hydrogen-bond donors (Lipinski definition) is 1. The Bertz CT molecular complexity index is 594. The summed E-state index contributed by atoms with van der Waals surface area (Å²) in [6.45, 7) is 7.67. The fourth-order valence-corrected chi connectivity index (χ4v) is 2.62. The zero-order valence-electron chi connectivity index (χ0n) is 12.7. The summed E-state index contributed by atoms with van der Waals surface area (Å²) >= 11 is 0. The van der Waals surface area contributed by atoms with Gasteiger partial charge in [0.2, 0.25) is 10.0 Å². The summed E-state index contributed by atoms with van der Waals surface area (Å²) in [5.74, 6) is -0.162. The van der Waals surface area contributed by atoms with Crippen LogP contribution in [0.1, 0.15) is 30.6 Å². The van der Waals surface area contributed by atoms with E-state index in [9.17, 15) is 13.2 Å². The van der Waals surface area contributed by atoms with Gasteiger partial charge in [0.05, 0.1) is 18.5 Å². The lowest BCUT2D eigenvalue weighted by molar-refractivity contribution is 0.0939. The van der Waals surface area contributed by atoms with Gasteiger partial charge in [-0.15, -0.1) is 6.58 Å². The van der Waals surface area contributed by atoms with Crippen LogP contribution in [0.5, 0.6) is 0 Å². The van der Waals surface area contributed by atoms with Crippen LogP contribution in [0.25, 0.3) is 0 Å². The van der Waals surface area contributed by atoms with Gasteiger partial charge in [0.25, 0.3) is 5.91 Å². The quantitative estimate of drug-likeness (QED) is 0.785. The van der Waals surface area contributed by atoms with E-state index < -0.39 is 10.0 Å². The molecule has 1 N–H and O–H groups in total. The molecule has 6 heteroatoms. The number of amides is 1. The van der Waals surface area contributed by atoms with Crippen LogP contribution in [0.15, 0.2) is 36.9 Å². The second-order valence-corrected chi connectivity index (χ2v) is 6.82. The number of anilines is 1. The van der Waals surface area contributed by atoms with E-state index in [1.165, 1.54) is 10.4 Å². The van der Waals surface area contributed by atoms with Gasteiger partial charge in [0, 0.05) is 11.6 Å². The van der Waals surface area contributed by atoms with Gasteiger partial charge in [0.1, 0.15) is 0 Å². The first kappa shape index (κ1) is 17.2. The molecule has 0 saturated carbocycles. The van der Waals surface area contributed by atoms with Crippen LogP contribution in [0.2, 0.25) is 0 Å². The van der Waals surface area contributed by atoms with E-state index in [4.69, 9.17) is 0 Å². The molecule has 0 unspecified atom stereocenters. The Morgan fingerprint density at radius 2 is 1.95 bits per heavy atom. The van der Waals surface area contributed by atoms with E-state index in [2.05, 4.69) is 11.9 Å². The molecule has 5 nitrogen and oxygen atoms in total. The summed E-state index contributed by atoms with van der Waals surface area (Å²) in [4.78, 5) is 12.0. The van der Waals surface area contributed by atoms with E-state index in [0.717, 1.165) is 12.7 Å². The van der Waals surface area contributed by atoms with Crippen molar-refractivity contribution in [3.8, 4) is 0 Å². The molecule has 0 aliphatic rings. The molecule has 0 spiro atoms. The molecule has 0 heterocycles. The molecule has 0 aromatic heterocycles. The van der Waals surface area contributed by atoms with E-state index >= 15 is 0 Å². The minimum absolute atomic E-state index is 0.102. The highest BCUT2D eigenvalue weighted by Crippen LogP contribution is 2.18. The van der Waals surface area contributed by atoms with Crippen LogP contribution in [0.3, 0.4) is 0 Å². The first-order valence-electron chi connectivity index (χ1n) is 6.79. The average Bonchev–Trinajstić information content (AvgIpc) is 2.43. The maximum atomic E-state index is 12.0. The second kappa shape index (κ2) is 7.26. The van der Waals surface area contributed by atoms with Crippen molar-refractivity contribution in [1.29, 1.82) is 0 Å². The Labute approximate surface area is 126 Å². The minimum atomic E-state index is -3.37. The molecule has 0 fully saturated rings. The summed E-state index contributed by atoms with van der Waals surface area (Å²) in [6, 6.07) is 6.58. The first-order valence-corrected chi connectivity index (χ1v) is 8.64. The third-order valence-electron chi connectivity index (χ3n) is 3.10. The third-order valence-corrected chi connectivity index (χ3v) is 4.26. The zero-order chi connectivity index (χ0) is 16.0. The van der Waals surface area contributed by atoms with Gasteiger partial charge in [-0.3, -0.25) is 9.10 Å². The van der Waals surface area contributed by atoms with E-state index in [1.54, 1.807) is 24.3 Å². The molecule has 1 aromatic carbocycles. The smallest absolute Gasteiger partial charge is 0.251 e. The maximum absolute atomic E-state index is 12.0. The number of rotatable bonds is 7. The summed E-state index contributed by atoms with van der Waals surface area (Å²) in [7, 11) is -3.37. The van der Waals surface area contributed by atoms with Gasteiger partial charge >= 0.3 is 0 Å². The summed E-state index contributed by atoms with van der Waals surface area (Å²) in [5, 5.41) is 2.86. The van der Waals surface area contributed by atoms with Gasteiger partial charge in [-0.1, -0.05) is 13.0 Å². The standard InChI is InChI=1S/C15H22N2O3S/c1-5-11-17(21(4,19)20)14-9-7-13(8-10-14)15(18)16-12(3)6-2/h5,7-10,12H,1,6,11H2,2-4H3,(H,16,18)/t12-/m0/s1. The number of hydrogen-bond acceptors (Lipinski definition) is 3. The Morgan fingerprint density at radius 3 is 2.38 bits per heavy atom. The van der Waals surface area contributed by atoms with Crippen molar-refractivity contribution in [1.82, 2.24) is 5.32 Å². The number of carbonyl (C=O) groups is 1. The van der Waals surface area contributed by atoms with E-state index in [0.29, 0.717) is 11.3 Å². The van der Waals surface area contributed by atoms with Crippen molar-refractivity contribution in [2.24, 2.45) is 0 Å². The highest BCUT2D eigenvalue weighted by molar-refractivity contribution is 7.92. The molecule has 0 bridgehead atoms. The van der Waals surface area contributed by atoms with Crippen molar-refractivity contribution < 1.29 is 13.2 Å². The maximum Gasteiger partial charge on any atom is 0.251 e. The predicted molar refractivity (Wildman–Crippen MR) is 86.0 cm³/mol. The molecule has 1 aromatic rings. The lowest BCUT2D eigenvalue weighted by atomic mass is 10.1. The summed E-state index contributed by atoms with van der Waals surface area (Å²) < 4.78 is 24.7. The Balaban J connectivity index is 2.95. The van der Waals surface area contributed by atoms with Crippen LogP contribution < -0.4 is 9.62 Å². The summed E-state index contributed by atoms with van der Waals surface area (Å²) in [5.41, 5.74) is 1.02. The van der Waals surface area contributed by atoms with E-state index in [-0.39, 0.29) is 18.5 Å². The highest BCUT2D eigenvalue weighted by Gasteiger charge is 2.16. The van der Waals surface area contributed by atoms with E-state index in [1.807, 2.05) is 13.8 Å². The molecular formula is C15H22N2O3S. The topological polar surface area (TPSA) is 66.5 Å². The van der Waals surface area contributed by atoms with Gasteiger partial charge in [-0.2, -0.15) is 0 Å². The largest absolute Gasteiger partial charge is 0.350 e. The number of carbonyl (C=O) groups excluding carboxylic acids is 1. The van der Waals surface area contributed by atoms with Crippen molar-refractivity contribution in [3.63, 3.8) is 0 Å². The molecule has 1 rings (SSSR count). The van der Waals surface area contributed by atoms with Crippen molar-refractivity contribution >= 4 is 21.6 Å². The lowest BCUT2D eigenvalue weighted by Crippen LogP contribution is -2.32. The highest BCUT2D eigenvalue weighted by atomic mass is 32.2. The van der Waals surface area contributed by atoms with Crippen molar-refractivity contribution in [2.75, 3.05) is 17.1 Å². The molecule has 0 aliphatic heterocycles.